The van der Waals surface area contributed by atoms with Crippen LogP contribution in [0.5, 0.6) is 0 Å². The Morgan fingerprint density at radius 3 is 2.67 bits per heavy atom. The number of rotatable bonds is 1. The molecule has 3 heteroatoms. The number of nitrogens with two attached hydrogens (primary N) is 1. The number of halogens is 1. The van der Waals surface area contributed by atoms with Crippen molar-refractivity contribution in [2.75, 3.05) is 5.73 Å². The Kier molecular flexibility index (Phi) is 2.53. The van der Waals surface area contributed by atoms with Crippen LogP contribution in [0.2, 0.25) is 5.02 Å². The Morgan fingerprint density at radius 1 is 1.06 bits per heavy atom. The van der Waals surface area contributed by atoms with Crippen molar-refractivity contribution < 1.29 is 0 Å². The van der Waals surface area contributed by atoms with Crippen LogP contribution in [-0.2, 0) is 0 Å². The van der Waals surface area contributed by atoms with Gasteiger partial charge >= 0.3 is 0 Å². The molecule has 1 heterocycles. The third-order valence-corrected chi connectivity index (χ3v) is 3.41. The van der Waals surface area contributed by atoms with Crippen LogP contribution in [-0.4, -0.2) is 4.98 Å². The SMILES string of the molecule is Cc1ccc(-c2cc3cc(Cl)ccc3[nH]2)cc1N. The summed E-state index contributed by atoms with van der Waals surface area (Å²) in [6.07, 6.45) is 0. The molecule has 3 N–H and O–H groups in total. The summed E-state index contributed by atoms with van der Waals surface area (Å²) < 4.78 is 0. The van der Waals surface area contributed by atoms with Gasteiger partial charge in [0.25, 0.3) is 0 Å². The number of anilines is 1. The maximum atomic E-state index is 5.99. The van der Waals surface area contributed by atoms with Crippen LogP contribution in [0.25, 0.3) is 22.2 Å². The summed E-state index contributed by atoms with van der Waals surface area (Å²) in [5.74, 6) is 0. The zero-order valence-electron chi connectivity index (χ0n) is 10.00. The summed E-state index contributed by atoms with van der Waals surface area (Å²) in [4.78, 5) is 3.37. The van der Waals surface area contributed by atoms with Gasteiger partial charge in [0.1, 0.15) is 0 Å². The molecule has 18 heavy (non-hydrogen) atoms. The number of aryl methyl sites for hydroxylation is 1. The monoisotopic (exact) mass is 256 g/mol. The average Bonchev–Trinajstić information content (AvgIpc) is 2.75. The third kappa shape index (κ3) is 1.85. The number of hydrogen-bond donors (Lipinski definition) is 2. The van der Waals surface area contributed by atoms with E-state index in [4.69, 9.17) is 17.3 Å². The number of nitrogens with one attached hydrogen (secondary N) is 1. The summed E-state index contributed by atoms with van der Waals surface area (Å²) >= 11 is 5.99. The number of H-pyrrole nitrogens is 1. The molecule has 2 aromatic carbocycles. The van der Waals surface area contributed by atoms with Crippen LogP contribution < -0.4 is 5.73 Å². The largest absolute Gasteiger partial charge is 0.398 e. The molecule has 3 aromatic rings. The van der Waals surface area contributed by atoms with Gasteiger partial charge in [-0.2, -0.15) is 0 Å². The first kappa shape index (κ1) is 11.2. The van der Waals surface area contributed by atoms with Gasteiger partial charge in [0.05, 0.1) is 0 Å². The molecular weight excluding hydrogens is 244 g/mol. The molecule has 0 saturated carbocycles. The van der Waals surface area contributed by atoms with Crippen molar-refractivity contribution in [1.29, 1.82) is 0 Å². The van der Waals surface area contributed by atoms with Crippen molar-refractivity contribution in [2.24, 2.45) is 0 Å². The normalized spacial score (nSPS) is 11.0. The number of benzene rings is 2. The maximum absolute atomic E-state index is 5.99. The Hall–Kier alpha value is -1.93. The maximum Gasteiger partial charge on any atom is 0.0465 e. The van der Waals surface area contributed by atoms with Gasteiger partial charge in [-0.05, 0) is 42.8 Å². The summed E-state index contributed by atoms with van der Waals surface area (Å²) in [5.41, 5.74) is 11.1. The van der Waals surface area contributed by atoms with Crippen LogP contribution >= 0.6 is 11.6 Å². The second-order valence-corrected chi connectivity index (χ2v) is 4.92. The molecule has 0 amide bonds. The van der Waals surface area contributed by atoms with E-state index in [0.29, 0.717) is 0 Å². The Morgan fingerprint density at radius 2 is 1.89 bits per heavy atom. The standard InChI is InChI=1S/C15H13ClN2/c1-9-2-3-10(7-13(9)17)15-8-11-6-12(16)4-5-14(11)18-15/h2-8,18H,17H2,1H3. The molecule has 0 radical (unpaired) electrons. The first-order chi connectivity index (χ1) is 8.63. The van der Waals surface area contributed by atoms with Crippen LogP contribution in [0.4, 0.5) is 5.69 Å². The minimum Gasteiger partial charge on any atom is -0.398 e. The van der Waals surface area contributed by atoms with E-state index >= 15 is 0 Å². The molecule has 0 saturated heterocycles. The highest BCUT2D eigenvalue weighted by molar-refractivity contribution is 6.31. The molecule has 1 aromatic heterocycles. The quantitative estimate of drug-likeness (QED) is 0.624. The Bertz CT molecular complexity index is 728. The van der Waals surface area contributed by atoms with Gasteiger partial charge in [0, 0.05) is 32.9 Å². The molecule has 0 aliphatic rings. The molecule has 0 aliphatic carbocycles. The van der Waals surface area contributed by atoms with E-state index in [1.807, 2.05) is 37.3 Å². The number of aromatic amines is 1. The van der Waals surface area contributed by atoms with Crippen molar-refractivity contribution in [3.63, 3.8) is 0 Å². The lowest BCUT2D eigenvalue weighted by Crippen LogP contribution is -1.89. The van der Waals surface area contributed by atoms with Crippen molar-refractivity contribution >= 4 is 28.2 Å². The van der Waals surface area contributed by atoms with Crippen LogP contribution in [0, 0.1) is 6.92 Å². The Labute approximate surface area is 110 Å². The second-order valence-electron chi connectivity index (χ2n) is 4.49. The van der Waals surface area contributed by atoms with E-state index < -0.39 is 0 Å². The van der Waals surface area contributed by atoms with E-state index in [2.05, 4.69) is 17.1 Å². The highest BCUT2D eigenvalue weighted by atomic mass is 35.5. The molecule has 3 rings (SSSR count). The first-order valence-electron chi connectivity index (χ1n) is 5.78. The van der Waals surface area contributed by atoms with Gasteiger partial charge in [-0.15, -0.1) is 0 Å². The topological polar surface area (TPSA) is 41.8 Å². The number of hydrogen-bond acceptors (Lipinski definition) is 1. The molecule has 90 valence electrons. The molecule has 0 bridgehead atoms. The third-order valence-electron chi connectivity index (χ3n) is 3.17. The van der Waals surface area contributed by atoms with Crippen molar-refractivity contribution in [3.8, 4) is 11.3 Å². The molecule has 0 unspecified atom stereocenters. The number of fused-ring (bicyclic) bond motifs is 1. The van der Waals surface area contributed by atoms with E-state index in [-0.39, 0.29) is 0 Å². The van der Waals surface area contributed by atoms with E-state index in [9.17, 15) is 0 Å². The fourth-order valence-corrected chi connectivity index (χ4v) is 2.25. The lowest BCUT2D eigenvalue weighted by molar-refractivity contribution is 1.42. The van der Waals surface area contributed by atoms with Gasteiger partial charge < -0.3 is 10.7 Å². The summed E-state index contributed by atoms with van der Waals surface area (Å²) in [6, 6.07) is 14.0. The number of nitrogen functional groups attached to an aromatic ring is 1. The lowest BCUT2D eigenvalue weighted by Gasteiger charge is -2.02. The van der Waals surface area contributed by atoms with Crippen LogP contribution in [0.15, 0.2) is 42.5 Å². The first-order valence-corrected chi connectivity index (χ1v) is 6.16. The van der Waals surface area contributed by atoms with E-state index in [0.717, 1.165) is 38.4 Å². The van der Waals surface area contributed by atoms with Crippen molar-refractivity contribution in [1.82, 2.24) is 4.98 Å². The second kappa shape index (κ2) is 4.07. The number of aromatic nitrogens is 1. The van der Waals surface area contributed by atoms with Gasteiger partial charge in [0.2, 0.25) is 0 Å². The highest BCUT2D eigenvalue weighted by Gasteiger charge is 2.05. The van der Waals surface area contributed by atoms with Crippen LogP contribution in [0.3, 0.4) is 0 Å². The summed E-state index contributed by atoms with van der Waals surface area (Å²) in [7, 11) is 0. The molecule has 0 aliphatic heterocycles. The smallest absolute Gasteiger partial charge is 0.0465 e. The van der Waals surface area contributed by atoms with Gasteiger partial charge in [-0.1, -0.05) is 23.7 Å². The minimum atomic E-state index is 0.747. The van der Waals surface area contributed by atoms with E-state index in [1.165, 1.54) is 0 Å². The van der Waals surface area contributed by atoms with Gasteiger partial charge in [-0.25, -0.2) is 0 Å². The molecule has 0 spiro atoms. The predicted molar refractivity (Wildman–Crippen MR) is 77.9 cm³/mol. The van der Waals surface area contributed by atoms with Crippen molar-refractivity contribution in [2.45, 2.75) is 6.92 Å². The predicted octanol–water partition coefficient (Wildman–Crippen LogP) is 4.38. The fourth-order valence-electron chi connectivity index (χ4n) is 2.07. The van der Waals surface area contributed by atoms with Crippen molar-refractivity contribution in [3.05, 3.63) is 53.1 Å². The molecule has 0 atom stereocenters. The average molecular weight is 257 g/mol. The fraction of sp³-hybridized carbons (Fsp3) is 0.0667. The molecule has 2 nitrogen and oxygen atoms in total. The molecule has 0 fully saturated rings. The van der Waals surface area contributed by atoms with Crippen LogP contribution in [0.1, 0.15) is 5.56 Å². The molecular formula is C15H13ClN2. The lowest BCUT2D eigenvalue weighted by atomic mass is 10.1. The van der Waals surface area contributed by atoms with E-state index in [1.54, 1.807) is 0 Å². The summed E-state index contributed by atoms with van der Waals surface area (Å²) in [6.45, 7) is 2.00. The zero-order valence-corrected chi connectivity index (χ0v) is 10.8. The Balaban J connectivity index is 2.16. The summed E-state index contributed by atoms with van der Waals surface area (Å²) in [5, 5.41) is 1.85. The van der Waals surface area contributed by atoms with Gasteiger partial charge in [0.15, 0.2) is 0 Å². The highest BCUT2D eigenvalue weighted by Crippen LogP contribution is 2.28. The minimum absolute atomic E-state index is 0.747. The van der Waals surface area contributed by atoms with Gasteiger partial charge in [-0.3, -0.25) is 0 Å². The zero-order chi connectivity index (χ0) is 12.7.